The zero-order valence-electron chi connectivity index (χ0n) is 16.5. The molecule has 0 bridgehead atoms. The zero-order valence-corrected chi connectivity index (χ0v) is 18.1. The van der Waals surface area contributed by atoms with Crippen molar-refractivity contribution < 1.29 is 18.0 Å². The van der Waals surface area contributed by atoms with Gasteiger partial charge in [0.25, 0.3) is 0 Å². The summed E-state index contributed by atoms with van der Waals surface area (Å²) in [7, 11) is 0. The summed E-state index contributed by atoms with van der Waals surface area (Å²) in [5.41, 5.74) is 0.271. The van der Waals surface area contributed by atoms with Crippen molar-refractivity contribution in [3.63, 3.8) is 0 Å². The highest BCUT2D eigenvalue weighted by Gasteiger charge is 2.31. The number of nitrogens with zero attached hydrogens (tertiary/aromatic N) is 1. The summed E-state index contributed by atoms with van der Waals surface area (Å²) in [4.78, 5) is 14.6. The Kier molecular flexibility index (Phi) is 7.82. The number of rotatable bonds is 8. The predicted octanol–water partition coefficient (Wildman–Crippen LogP) is 6.72. The van der Waals surface area contributed by atoms with Crippen LogP contribution in [-0.4, -0.2) is 36.1 Å². The van der Waals surface area contributed by atoms with Crippen LogP contribution in [0.5, 0.6) is 0 Å². The molecular weight excluding hydrogens is 415 g/mol. The van der Waals surface area contributed by atoms with E-state index in [-0.39, 0.29) is 11.7 Å². The molecule has 0 amide bonds. The lowest BCUT2D eigenvalue weighted by Gasteiger charge is -2.32. The van der Waals surface area contributed by atoms with Gasteiger partial charge in [0.05, 0.1) is 14.6 Å². The Bertz CT molecular complexity index is 810. The summed E-state index contributed by atoms with van der Waals surface area (Å²) in [6.07, 6.45) is -0.207. The number of alkyl halides is 3. The van der Waals surface area contributed by atoms with Gasteiger partial charge in [-0.1, -0.05) is 18.2 Å². The third-order valence-electron chi connectivity index (χ3n) is 5.31. The summed E-state index contributed by atoms with van der Waals surface area (Å²) in [5, 5.41) is 0. The molecule has 3 rings (SSSR count). The van der Waals surface area contributed by atoms with Crippen molar-refractivity contribution in [2.75, 3.05) is 25.4 Å². The van der Waals surface area contributed by atoms with E-state index in [2.05, 4.69) is 4.90 Å². The number of Topliss-reactive ketones (excluding diaryl/α,β-unsaturated/α-hetero) is 1. The number of thiophene rings is 1. The minimum Gasteiger partial charge on any atom is -0.303 e. The summed E-state index contributed by atoms with van der Waals surface area (Å²) in [6, 6.07) is 9.73. The SMILES string of the molecule is CC(=O)c1ccc(SCCCCN2CCC(c3cccc(C(F)(F)F)c3)CC2)s1. The fourth-order valence-corrected chi connectivity index (χ4v) is 5.76. The van der Waals surface area contributed by atoms with E-state index in [1.165, 1.54) is 16.3 Å². The van der Waals surface area contributed by atoms with Crippen LogP contribution in [0.3, 0.4) is 0 Å². The van der Waals surface area contributed by atoms with E-state index < -0.39 is 11.7 Å². The number of hydrogen-bond donors (Lipinski definition) is 0. The molecule has 1 fully saturated rings. The van der Waals surface area contributed by atoms with Gasteiger partial charge in [0.2, 0.25) is 0 Å². The van der Waals surface area contributed by atoms with Gasteiger partial charge < -0.3 is 4.90 Å². The number of carbonyl (C=O) groups excluding carboxylic acids is 1. The largest absolute Gasteiger partial charge is 0.416 e. The van der Waals surface area contributed by atoms with Crippen LogP contribution in [0, 0.1) is 0 Å². The van der Waals surface area contributed by atoms with Crippen molar-refractivity contribution in [1.29, 1.82) is 0 Å². The number of hydrogen-bond acceptors (Lipinski definition) is 4. The first-order chi connectivity index (χ1) is 13.8. The fraction of sp³-hybridized carbons (Fsp3) is 0.500. The van der Waals surface area contributed by atoms with Crippen molar-refractivity contribution in [2.24, 2.45) is 0 Å². The van der Waals surface area contributed by atoms with Gasteiger partial charge in [-0.05, 0) is 87.7 Å². The first kappa shape index (κ1) is 22.4. The Morgan fingerprint density at radius 2 is 1.93 bits per heavy atom. The maximum Gasteiger partial charge on any atom is 0.416 e. The molecule has 29 heavy (non-hydrogen) atoms. The number of thioether (sulfide) groups is 1. The normalized spacial score (nSPS) is 16.3. The molecule has 0 spiro atoms. The lowest BCUT2D eigenvalue weighted by Crippen LogP contribution is -2.33. The third-order valence-corrected chi connectivity index (χ3v) is 7.81. The van der Waals surface area contributed by atoms with E-state index in [0.717, 1.165) is 67.6 Å². The fourth-order valence-electron chi connectivity index (χ4n) is 3.66. The van der Waals surface area contributed by atoms with Crippen molar-refractivity contribution in [2.45, 2.75) is 48.9 Å². The smallest absolute Gasteiger partial charge is 0.303 e. The predicted molar refractivity (Wildman–Crippen MR) is 114 cm³/mol. The van der Waals surface area contributed by atoms with Crippen molar-refractivity contribution in [3.05, 3.63) is 52.4 Å². The Labute approximate surface area is 178 Å². The number of benzene rings is 1. The average molecular weight is 442 g/mol. The monoisotopic (exact) mass is 441 g/mol. The van der Waals surface area contributed by atoms with E-state index in [1.54, 1.807) is 30.0 Å². The number of piperidine rings is 1. The van der Waals surface area contributed by atoms with Crippen LogP contribution in [0.15, 0.2) is 40.6 Å². The van der Waals surface area contributed by atoms with Crippen LogP contribution in [0.2, 0.25) is 0 Å². The van der Waals surface area contributed by atoms with Crippen molar-refractivity contribution in [1.82, 2.24) is 4.90 Å². The molecule has 7 heteroatoms. The molecule has 2 nitrogen and oxygen atoms in total. The van der Waals surface area contributed by atoms with E-state index in [1.807, 2.05) is 18.2 Å². The number of ketones is 1. The second-order valence-corrected chi connectivity index (χ2v) is 9.95. The summed E-state index contributed by atoms with van der Waals surface area (Å²) in [5.74, 6) is 1.38. The first-order valence-corrected chi connectivity index (χ1v) is 11.8. The summed E-state index contributed by atoms with van der Waals surface area (Å²) >= 11 is 3.36. The number of carbonyl (C=O) groups is 1. The van der Waals surface area contributed by atoms with Crippen LogP contribution in [0.1, 0.15) is 59.3 Å². The van der Waals surface area contributed by atoms with Gasteiger partial charge in [0.15, 0.2) is 5.78 Å². The molecule has 1 aromatic heterocycles. The first-order valence-electron chi connectivity index (χ1n) is 9.96. The molecule has 1 aliphatic rings. The van der Waals surface area contributed by atoms with E-state index in [0.29, 0.717) is 0 Å². The molecule has 0 radical (unpaired) electrons. The summed E-state index contributed by atoms with van der Waals surface area (Å²) < 4.78 is 40.0. The lowest BCUT2D eigenvalue weighted by atomic mass is 9.88. The average Bonchev–Trinajstić information content (AvgIpc) is 3.17. The second kappa shape index (κ2) is 10.1. The number of unbranched alkanes of at least 4 members (excludes halogenated alkanes) is 1. The Balaban J connectivity index is 1.35. The Hall–Kier alpha value is -1.31. The van der Waals surface area contributed by atoms with Crippen LogP contribution >= 0.6 is 23.1 Å². The minimum absolute atomic E-state index is 0.121. The molecule has 0 N–H and O–H groups in total. The Morgan fingerprint density at radius 1 is 1.17 bits per heavy atom. The van der Waals surface area contributed by atoms with Gasteiger partial charge in [0, 0.05) is 0 Å². The number of likely N-dealkylation sites (tertiary alicyclic amines) is 1. The molecule has 0 aliphatic carbocycles. The molecule has 2 aromatic rings. The van der Waals surface area contributed by atoms with Crippen LogP contribution in [0.4, 0.5) is 13.2 Å². The van der Waals surface area contributed by atoms with Crippen LogP contribution in [0.25, 0.3) is 0 Å². The topological polar surface area (TPSA) is 20.3 Å². The van der Waals surface area contributed by atoms with E-state index >= 15 is 0 Å². The minimum atomic E-state index is -4.27. The maximum absolute atomic E-state index is 12.9. The van der Waals surface area contributed by atoms with Gasteiger partial charge >= 0.3 is 6.18 Å². The lowest BCUT2D eigenvalue weighted by molar-refractivity contribution is -0.137. The summed E-state index contributed by atoms with van der Waals surface area (Å²) in [6.45, 7) is 4.53. The van der Waals surface area contributed by atoms with E-state index in [4.69, 9.17) is 0 Å². The zero-order chi connectivity index (χ0) is 20.9. The van der Waals surface area contributed by atoms with E-state index in [9.17, 15) is 18.0 Å². The Morgan fingerprint density at radius 3 is 2.59 bits per heavy atom. The molecule has 0 atom stereocenters. The van der Waals surface area contributed by atoms with Crippen LogP contribution < -0.4 is 0 Å². The highest BCUT2D eigenvalue weighted by Crippen LogP contribution is 2.34. The van der Waals surface area contributed by atoms with Gasteiger partial charge in [-0.15, -0.1) is 23.1 Å². The van der Waals surface area contributed by atoms with Crippen LogP contribution in [-0.2, 0) is 6.18 Å². The molecule has 2 heterocycles. The molecule has 1 saturated heterocycles. The molecule has 158 valence electrons. The molecule has 1 aromatic carbocycles. The molecule has 0 unspecified atom stereocenters. The maximum atomic E-state index is 12.9. The second-order valence-electron chi connectivity index (χ2n) is 7.47. The third kappa shape index (κ3) is 6.59. The highest BCUT2D eigenvalue weighted by atomic mass is 32.2. The standard InChI is InChI=1S/C22H26F3NOS2/c1-16(27)20-7-8-21(29-20)28-14-3-2-11-26-12-9-17(10-13-26)18-5-4-6-19(15-18)22(23,24)25/h4-8,15,17H,2-3,9-14H2,1H3. The highest BCUT2D eigenvalue weighted by molar-refractivity contribution is 8.01. The molecular formula is C22H26F3NOS2. The number of halogens is 3. The van der Waals surface area contributed by atoms with Gasteiger partial charge in [0.1, 0.15) is 0 Å². The van der Waals surface area contributed by atoms with Gasteiger partial charge in [-0.25, -0.2) is 0 Å². The van der Waals surface area contributed by atoms with Crippen molar-refractivity contribution >= 4 is 28.9 Å². The van der Waals surface area contributed by atoms with Gasteiger partial charge in [-0.2, -0.15) is 13.2 Å². The molecule has 0 saturated carbocycles. The quantitative estimate of drug-likeness (QED) is 0.258. The van der Waals surface area contributed by atoms with Gasteiger partial charge in [-0.3, -0.25) is 4.79 Å². The van der Waals surface area contributed by atoms with Crippen molar-refractivity contribution in [3.8, 4) is 0 Å². The molecule has 1 aliphatic heterocycles.